The van der Waals surface area contributed by atoms with Crippen molar-refractivity contribution in [1.82, 2.24) is 4.57 Å². The van der Waals surface area contributed by atoms with Crippen LogP contribution in [-0.4, -0.2) is 18.3 Å². The van der Waals surface area contributed by atoms with Gasteiger partial charge in [0.05, 0.1) is 6.61 Å². The van der Waals surface area contributed by atoms with Crippen LogP contribution in [0.5, 0.6) is 0 Å². The number of nitrogens with zero attached hydrogens (tertiary/aromatic N) is 1. The van der Waals surface area contributed by atoms with Gasteiger partial charge in [-0.1, -0.05) is 22.9 Å². The molecule has 0 bridgehead atoms. The van der Waals surface area contributed by atoms with Gasteiger partial charge in [-0.05, 0) is 0 Å². The number of rotatable bonds is 3. The summed E-state index contributed by atoms with van der Waals surface area (Å²) in [6, 6.07) is 0. The van der Waals surface area contributed by atoms with E-state index >= 15 is 0 Å². The Morgan fingerprint density at radius 2 is 2.55 bits per heavy atom. The molecule has 11 heavy (non-hydrogen) atoms. The Morgan fingerprint density at radius 1 is 1.82 bits per heavy atom. The van der Waals surface area contributed by atoms with Gasteiger partial charge in [0.25, 0.3) is 0 Å². The molecule has 62 valence electrons. The molecule has 3 nitrogen and oxygen atoms in total. The van der Waals surface area contributed by atoms with Gasteiger partial charge in [-0.15, -0.1) is 0 Å². The second-order valence-corrected chi connectivity index (χ2v) is 3.69. The number of ether oxygens (including phenoxy) is 1. The lowest BCUT2D eigenvalue weighted by Gasteiger charge is -1.98. The predicted molar refractivity (Wildman–Crippen MR) is 45.0 cm³/mol. The Bertz CT molecular complexity index is 280. The monoisotopic (exact) mass is 192 g/mol. The van der Waals surface area contributed by atoms with Crippen molar-refractivity contribution in [3.05, 3.63) is 15.3 Å². The zero-order chi connectivity index (χ0) is 8.27. The van der Waals surface area contributed by atoms with Crippen molar-refractivity contribution in [2.45, 2.75) is 6.54 Å². The zero-order valence-corrected chi connectivity index (χ0v) is 7.71. The van der Waals surface area contributed by atoms with Gasteiger partial charge in [0.2, 0.25) is 0 Å². The first-order chi connectivity index (χ1) is 5.24. The number of hydrogen-bond donors (Lipinski definition) is 1. The normalized spacial score (nSPS) is 10.4. The summed E-state index contributed by atoms with van der Waals surface area (Å²) in [6.45, 7) is 1.31. The second-order valence-electron chi connectivity index (χ2n) is 2.03. The molecule has 0 spiro atoms. The van der Waals surface area contributed by atoms with Crippen LogP contribution in [0.2, 0.25) is 4.34 Å². The fraction of sp³-hybridized carbons (Fsp3) is 0.500. The van der Waals surface area contributed by atoms with E-state index in [-0.39, 0.29) is 0 Å². The van der Waals surface area contributed by atoms with Crippen molar-refractivity contribution in [3.63, 3.8) is 0 Å². The molecular formula is C6H9ClN2OS. The Kier molecular flexibility index (Phi) is 3.11. The highest BCUT2D eigenvalue weighted by Gasteiger charge is 1.97. The highest BCUT2D eigenvalue weighted by Crippen LogP contribution is 2.09. The molecule has 0 aliphatic carbocycles. The second kappa shape index (κ2) is 3.90. The molecule has 1 heterocycles. The third-order valence-corrected chi connectivity index (χ3v) is 2.31. The summed E-state index contributed by atoms with van der Waals surface area (Å²) in [5.74, 6) is 0. The minimum atomic E-state index is 0.465. The lowest BCUT2D eigenvalue weighted by Crippen LogP contribution is -2.14. The van der Waals surface area contributed by atoms with Crippen LogP contribution in [0.3, 0.4) is 0 Å². The van der Waals surface area contributed by atoms with Crippen LogP contribution in [0.4, 0.5) is 0 Å². The van der Waals surface area contributed by atoms with Crippen molar-refractivity contribution < 1.29 is 4.74 Å². The standard InChI is InChI=1S/C6H9ClN2OS/c1-10-3-2-9-4-5(7)11-6(9)8/h4,8H,2-3H2,1H3. The summed E-state index contributed by atoms with van der Waals surface area (Å²) < 4.78 is 7.27. The lowest BCUT2D eigenvalue weighted by atomic mass is 10.6. The van der Waals surface area contributed by atoms with Crippen molar-refractivity contribution in [2.75, 3.05) is 13.7 Å². The maximum atomic E-state index is 7.41. The fourth-order valence-electron chi connectivity index (χ4n) is 0.714. The predicted octanol–water partition coefficient (Wildman–Crippen LogP) is 1.33. The van der Waals surface area contributed by atoms with E-state index in [0.29, 0.717) is 22.3 Å². The van der Waals surface area contributed by atoms with Gasteiger partial charge in [0.1, 0.15) is 4.34 Å². The van der Waals surface area contributed by atoms with E-state index in [4.69, 9.17) is 21.7 Å². The van der Waals surface area contributed by atoms with Crippen LogP contribution < -0.4 is 4.80 Å². The number of thiazole rings is 1. The molecule has 1 N–H and O–H groups in total. The van der Waals surface area contributed by atoms with E-state index in [1.807, 2.05) is 0 Å². The summed E-state index contributed by atoms with van der Waals surface area (Å²) in [5, 5.41) is 7.41. The van der Waals surface area contributed by atoms with Gasteiger partial charge in [-0.3, -0.25) is 5.41 Å². The van der Waals surface area contributed by atoms with Gasteiger partial charge in [0.15, 0.2) is 4.80 Å². The molecule has 1 aromatic rings. The number of halogens is 1. The fourth-order valence-corrected chi connectivity index (χ4v) is 1.68. The Labute approximate surface area is 73.7 Å². The topological polar surface area (TPSA) is 38.0 Å². The van der Waals surface area contributed by atoms with Crippen LogP contribution in [0, 0.1) is 5.41 Å². The third-order valence-electron chi connectivity index (χ3n) is 1.25. The Balaban J connectivity index is 2.70. The van der Waals surface area contributed by atoms with Crippen molar-refractivity contribution >= 4 is 22.9 Å². The molecule has 0 aliphatic rings. The largest absolute Gasteiger partial charge is 0.383 e. The first kappa shape index (κ1) is 8.77. The summed E-state index contributed by atoms with van der Waals surface area (Å²) in [5.41, 5.74) is 0. The zero-order valence-electron chi connectivity index (χ0n) is 6.13. The third kappa shape index (κ3) is 2.32. The van der Waals surface area contributed by atoms with Gasteiger partial charge < -0.3 is 9.30 Å². The Hall–Kier alpha value is -0.320. The van der Waals surface area contributed by atoms with Crippen LogP contribution in [-0.2, 0) is 11.3 Å². The average molecular weight is 193 g/mol. The molecule has 0 amide bonds. The lowest BCUT2D eigenvalue weighted by molar-refractivity contribution is 0.186. The average Bonchev–Trinajstić information content (AvgIpc) is 2.26. The van der Waals surface area contributed by atoms with Crippen molar-refractivity contribution in [1.29, 1.82) is 5.41 Å². The van der Waals surface area contributed by atoms with Crippen molar-refractivity contribution in [3.8, 4) is 0 Å². The summed E-state index contributed by atoms with van der Waals surface area (Å²) >= 11 is 6.94. The molecule has 0 atom stereocenters. The number of hydrogen-bond acceptors (Lipinski definition) is 3. The maximum Gasteiger partial charge on any atom is 0.183 e. The minimum Gasteiger partial charge on any atom is -0.383 e. The summed E-state index contributed by atoms with van der Waals surface area (Å²) in [4.78, 5) is 0.465. The molecule has 5 heteroatoms. The maximum absolute atomic E-state index is 7.41. The SMILES string of the molecule is COCCn1cc(Cl)sc1=N. The molecule has 0 unspecified atom stereocenters. The summed E-state index contributed by atoms with van der Waals surface area (Å²) in [7, 11) is 1.64. The van der Waals surface area contributed by atoms with Gasteiger partial charge in [-0.25, -0.2) is 0 Å². The van der Waals surface area contributed by atoms with Crippen LogP contribution in [0.15, 0.2) is 6.20 Å². The van der Waals surface area contributed by atoms with E-state index in [2.05, 4.69) is 0 Å². The number of nitrogens with one attached hydrogen (secondary N) is 1. The molecule has 1 rings (SSSR count). The van der Waals surface area contributed by atoms with Crippen molar-refractivity contribution in [2.24, 2.45) is 0 Å². The van der Waals surface area contributed by atoms with E-state index in [1.54, 1.807) is 17.9 Å². The van der Waals surface area contributed by atoms with E-state index in [1.165, 1.54) is 11.3 Å². The molecule has 0 radical (unpaired) electrons. The van der Waals surface area contributed by atoms with Crippen LogP contribution in [0.1, 0.15) is 0 Å². The molecule has 0 aromatic carbocycles. The van der Waals surface area contributed by atoms with Gasteiger partial charge >= 0.3 is 0 Å². The summed E-state index contributed by atoms with van der Waals surface area (Å²) in [6.07, 6.45) is 1.74. The molecular weight excluding hydrogens is 184 g/mol. The Morgan fingerprint density at radius 3 is 3.00 bits per heavy atom. The molecule has 0 saturated carbocycles. The number of aromatic nitrogens is 1. The van der Waals surface area contributed by atoms with E-state index in [0.717, 1.165) is 0 Å². The molecule has 0 fully saturated rings. The minimum absolute atomic E-state index is 0.465. The highest BCUT2D eigenvalue weighted by atomic mass is 35.5. The molecule has 1 aromatic heterocycles. The quantitative estimate of drug-likeness (QED) is 0.771. The van der Waals surface area contributed by atoms with Crippen LogP contribution >= 0.6 is 22.9 Å². The van der Waals surface area contributed by atoms with Gasteiger partial charge in [0, 0.05) is 19.9 Å². The van der Waals surface area contributed by atoms with Crippen LogP contribution in [0.25, 0.3) is 0 Å². The molecule has 0 aliphatic heterocycles. The smallest absolute Gasteiger partial charge is 0.183 e. The first-order valence-electron chi connectivity index (χ1n) is 3.13. The van der Waals surface area contributed by atoms with E-state index < -0.39 is 0 Å². The van der Waals surface area contributed by atoms with E-state index in [9.17, 15) is 0 Å². The highest BCUT2D eigenvalue weighted by molar-refractivity contribution is 7.13. The van der Waals surface area contributed by atoms with Gasteiger partial charge in [-0.2, -0.15) is 0 Å². The first-order valence-corrected chi connectivity index (χ1v) is 4.33. The number of methoxy groups -OCH3 is 1. The molecule has 0 saturated heterocycles.